The van der Waals surface area contributed by atoms with Gasteiger partial charge in [-0.1, -0.05) is 26.8 Å². The highest BCUT2D eigenvalue weighted by Gasteiger charge is 2.54. The number of carbonyl (C=O) groups excluding carboxylic acids is 1. The van der Waals surface area contributed by atoms with Crippen molar-refractivity contribution in [2.75, 3.05) is 0 Å². The van der Waals surface area contributed by atoms with Gasteiger partial charge >= 0.3 is 0 Å². The van der Waals surface area contributed by atoms with E-state index in [1.807, 2.05) is 19.9 Å². The number of carbonyl (C=O) groups is 1. The Morgan fingerprint density at radius 3 is 2.64 bits per heavy atom. The molecule has 14 heavy (non-hydrogen) atoms. The average Bonchev–Trinajstić information content (AvgIpc) is 2.39. The SMILES string of the molecule is CC1(C)C(=O)C=C[C@]2(C)[C@@H](O)CC[C@@H]12. The van der Waals surface area contributed by atoms with Crippen LogP contribution in [0.4, 0.5) is 0 Å². The predicted molar refractivity (Wildman–Crippen MR) is 54.8 cm³/mol. The molecule has 2 heteroatoms. The van der Waals surface area contributed by atoms with Gasteiger partial charge in [-0.3, -0.25) is 4.79 Å². The van der Waals surface area contributed by atoms with Crippen molar-refractivity contribution in [1.29, 1.82) is 0 Å². The van der Waals surface area contributed by atoms with Crippen molar-refractivity contribution < 1.29 is 9.90 Å². The number of aliphatic hydroxyl groups excluding tert-OH is 1. The largest absolute Gasteiger partial charge is 0.392 e. The number of ketones is 1. The van der Waals surface area contributed by atoms with Crippen LogP contribution in [0, 0.1) is 16.7 Å². The number of rotatable bonds is 0. The van der Waals surface area contributed by atoms with Crippen molar-refractivity contribution in [2.45, 2.75) is 39.7 Å². The molecular weight excluding hydrogens is 176 g/mol. The zero-order valence-electron chi connectivity index (χ0n) is 9.08. The van der Waals surface area contributed by atoms with Gasteiger partial charge in [0.25, 0.3) is 0 Å². The third-order valence-electron chi connectivity index (χ3n) is 4.30. The summed E-state index contributed by atoms with van der Waals surface area (Å²) < 4.78 is 0. The van der Waals surface area contributed by atoms with E-state index in [-0.39, 0.29) is 22.7 Å². The maximum atomic E-state index is 11.7. The normalized spacial score (nSPS) is 45.3. The highest BCUT2D eigenvalue weighted by Crippen LogP contribution is 2.55. The van der Waals surface area contributed by atoms with Crippen LogP contribution in [0.5, 0.6) is 0 Å². The van der Waals surface area contributed by atoms with E-state index < -0.39 is 0 Å². The van der Waals surface area contributed by atoms with Crippen LogP contribution in [0.25, 0.3) is 0 Å². The first kappa shape index (κ1) is 9.91. The number of hydrogen-bond donors (Lipinski definition) is 1. The smallest absolute Gasteiger partial charge is 0.161 e. The Hall–Kier alpha value is -0.630. The fraction of sp³-hybridized carbons (Fsp3) is 0.750. The summed E-state index contributed by atoms with van der Waals surface area (Å²) in [6.45, 7) is 6.07. The van der Waals surface area contributed by atoms with Crippen molar-refractivity contribution >= 4 is 5.78 Å². The zero-order valence-corrected chi connectivity index (χ0v) is 9.08. The lowest BCUT2D eigenvalue weighted by atomic mass is 9.60. The van der Waals surface area contributed by atoms with Crippen LogP contribution in [0.3, 0.4) is 0 Å². The van der Waals surface area contributed by atoms with Gasteiger partial charge in [-0.2, -0.15) is 0 Å². The highest BCUT2D eigenvalue weighted by molar-refractivity contribution is 5.95. The third kappa shape index (κ3) is 1.04. The van der Waals surface area contributed by atoms with Crippen molar-refractivity contribution in [3.63, 3.8) is 0 Å². The summed E-state index contributed by atoms with van der Waals surface area (Å²) in [5, 5.41) is 9.94. The molecular formula is C12H18O2. The molecule has 1 saturated carbocycles. The Labute approximate surface area is 85.0 Å². The minimum Gasteiger partial charge on any atom is -0.392 e. The van der Waals surface area contributed by atoms with Crippen LogP contribution in [-0.4, -0.2) is 17.0 Å². The fourth-order valence-electron chi connectivity index (χ4n) is 3.19. The van der Waals surface area contributed by atoms with Gasteiger partial charge in [0.1, 0.15) is 0 Å². The van der Waals surface area contributed by atoms with Crippen molar-refractivity contribution in [1.82, 2.24) is 0 Å². The molecule has 0 heterocycles. The Balaban J connectivity index is 2.47. The van der Waals surface area contributed by atoms with Crippen LogP contribution in [0.2, 0.25) is 0 Å². The molecule has 0 spiro atoms. The lowest BCUT2D eigenvalue weighted by Crippen LogP contribution is -2.45. The molecule has 0 radical (unpaired) electrons. The van der Waals surface area contributed by atoms with Gasteiger partial charge in [-0.05, 0) is 24.8 Å². The molecule has 0 aromatic rings. The van der Waals surface area contributed by atoms with Gasteiger partial charge in [0.05, 0.1) is 6.10 Å². The van der Waals surface area contributed by atoms with Gasteiger partial charge in [0, 0.05) is 10.8 Å². The van der Waals surface area contributed by atoms with E-state index in [0.717, 1.165) is 12.8 Å². The number of fused-ring (bicyclic) bond motifs is 1. The molecule has 1 fully saturated rings. The monoisotopic (exact) mass is 194 g/mol. The zero-order chi connectivity index (χ0) is 10.6. The molecule has 2 aliphatic carbocycles. The molecule has 1 N–H and O–H groups in total. The molecule has 3 atom stereocenters. The second kappa shape index (κ2) is 2.69. The average molecular weight is 194 g/mol. The van der Waals surface area contributed by atoms with Gasteiger partial charge in [0.15, 0.2) is 5.78 Å². The number of aliphatic hydroxyl groups is 1. The van der Waals surface area contributed by atoms with Crippen molar-refractivity contribution in [3.05, 3.63) is 12.2 Å². The molecule has 0 aromatic carbocycles. The van der Waals surface area contributed by atoms with Gasteiger partial charge in [-0.15, -0.1) is 0 Å². The first-order valence-corrected chi connectivity index (χ1v) is 5.31. The van der Waals surface area contributed by atoms with E-state index in [4.69, 9.17) is 0 Å². The van der Waals surface area contributed by atoms with Crippen molar-refractivity contribution in [2.24, 2.45) is 16.7 Å². The second-order valence-electron chi connectivity index (χ2n) is 5.43. The lowest BCUT2D eigenvalue weighted by Gasteiger charge is -2.43. The highest BCUT2D eigenvalue weighted by atomic mass is 16.3. The van der Waals surface area contributed by atoms with Crippen LogP contribution >= 0.6 is 0 Å². The van der Waals surface area contributed by atoms with Crippen LogP contribution in [-0.2, 0) is 4.79 Å². The molecule has 2 rings (SSSR count). The third-order valence-corrected chi connectivity index (χ3v) is 4.30. The second-order valence-corrected chi connectivity index (χ2v) is 5.43. The molecule has 0 bridgehead atoms. The molecule has 0 aromatic heterocycles. The molecule has 0 unspecified atom stereocenters. The summed E-state index contributed by atoms with van der Waals surface area (Å²) in [7, 11) is 0. The first-order chi connectivity index (χ1) is 6.39. The Morgan fingerprint density at radius 2 is 2.00 bits per heavy atom. The quantitative estimate of drug-likeness (QED) is 0.639. The van der Waals surface area contributed by atoms with Crippen LogP contribution in [0.15, 0.2) is 12.2 Å². The van der Waals surface area contributed by atoms with E-state index in [2.05, 4.69) is 6.92 Å². The van der Waals surface area contributed by atoms with Gasteiger partial charge in [0.2, 0.25) is 0 Å². The number of hydrogen-bond acceptors (Lipinski definition) is 2. The molecule has 2 nitrogen and oxygen atoms in total. The number of allylic oxidation sites excluding steroid dienone is 1. The molecule has 2 aliphatic rings. The first-order valence-electron chi connectivity index (χ1n) is 5.31. The molecule has 78 valence electrons. The van der Waals surface area contributed by atoms with E-state index in [1.54, 1.807) is 6.08 Å². The van der Waals surface area contributed by atoms with Crippen molar-refractivity contribution in [3.8, 4) is 0 Å². The summed E-state index contributed by atoms with van der Waals surface area (Å²) in [4.78, 5) is 11.7. The molecule has 0 aliphatic heterocycles. The summed E-state index contributed by atoms with van der Waals surface area (Å²) in [6.07, 6.45) is 5.08. The minimum atomic E-state index is -0.305. The van der Waals surface area contributed by atoms with Gasteiger partial charge in [-0.25, -0.2) is 0 Å². The molecule has 0 saturated heterocycles. The van der Waals surface area contributed by atoms with Crippen LogP contribution < -0.4 is 0 Å². The molecule has 0 amide bonds. The topological polar surface area (TPSA) is 37.3 Å². The van der Waals surface area contributed by atoms with Crippen LogP contribution in [0.1, 0.15) is 33.6 Å². The summed E-state index contributed by atoms with van der Waals surface area (Å²) in [6, 6.07) is 0. The summed E-state index contributed by atoms with van der Waals surface area (Å²) >= 11 is 0. The van der Waals surface area contributed by atoms with Gasteiger partial charge < -0.3 is 5.11 Å². The minimum absolute atomic E-state index is 0.183. The Bertz CT molecular complexity index is 303. The Kier molecular flexibility index (Phi) is 1.91. The predicted octanol–water partition coefficient (Wildman–Crippen LogP) is 1.93. The maximum absolute atomic E-state index is 11.7. The summed E-state index contributed by atoms with van der Waals surface area (Å²) in [5.41, 5.74) is -0.488. The van der Waals surface area contributed by atoms with E-state index in [1.165, 1.54) is 0 Å². The fourth-order valence-corrected chi connectivity index (χ4v) is 3.19. The summed E-state index contributed by atoms with van der Waals surface area (Å²) in [5.74, 6) is 0.497. The maximum Gasteiger partial charge on any atom is 0.161 e. The van der Waals surface area contributed by atoms with E-state index in [0.29, 0.717) is 5.92 Å². The lowest BCUT2D eigenvalue weighted by molar-refractivity contribution is -0.128. The Morgan fingerprint density at radius 1 is 1.36 bits per heavy atom. The van der Waals surface area contributed by atoms with E-state index >= 15 is 0 Å². The van der Waals surface area contributed by atoms with E-state index in [9.17, 15) is 9.90 Å². The standard InChI is InChI=1S/C12H18O2/c1-11(2)8-4-5-10(14)12(8,3)7-6-9(11)13/h6-8,10,14H,4-5H2,1-3H3/t8-,10-,12-/m0/s1.